The number of rotatable bonds is 18. The maximum absolute atomic E-state index is 14.3. The largest absolute Gasteiger partial charge is 0.371 e. The van der Waals surface area contributed by atoms with Crippen LogP contribution in [0.5, 0.6) is 0 Å². The molecule has 330 valence electrons. The van der Waals surface area contributed by atoms with E-state index >= 15 is 0 Å². The Morgan fingerprint density at radius 2 is 1.38 bits per heavy atom. The van der Waals surface area contributed by atoms with Gasteiger partial charge in [0.2, 0.25) is 28.8 Å². The number of ether oxygens (including phenoxy) is 1. The first-order valence-electron chi connectivity index (χ1n) is 20.4. The lowest BCUT2D eigenvalue weighted by molar-refractivity contribution is -0.142. The Balaban J connectivity index is 0.00000410. The van der Waals surface area contributed by atoms with Crippen LogP contribution in [0.25, 0.3) is 11.1 Å². The summed E-state index contributed by atoms with van der Waals surface area (Å²) in [5.74, 6) is -0.833. The van der Waals surface area contributed by atoms with E-state index in [9.17, 15) is 19.2 Å². The van der Waals surface area contributed by atoms with Crippen molar-refractivity contribution in [1.29, 1.82) is 0 Å². The fourth-order valence-electron chi connectivity index (χ4n) is 7.25. The Bertz CT molecular complexity index is 2020. The first kappa shape index (κ1) is 49.1. The van der Waals surface area contributed by atoms with Gasteiger partial charge in [-0.25, -0.2) is 4.68 Å². The molecule has 0 saturated carbocycles. The molecule has 6 atom stereocenters. The number of nitrogens with one attached hydrogen (secondary N) is 4. The molecule has 0 radical (unpaired) electrons. The fraction of sp³-hybridized carbons (Fsp3) is 0.465. The summed E-state index contributed by atoms with van der Waals surface area (Å²) in [6.07, 6.45) is 2.88. The molecule has 6 rings (SSSR count). The number of amides is 4. The van der Waals surface area contributed by atoms with Gasteiger partial charge in [0, 0.05) is 24.5 Å². The predicted molar refractivity (Wildman–Crippen MR) is 239 cm³/mol. The second kappa shape index (κ2) is 23.6. The van der Waals surface area contributed by atoms with Crippen molar-refractivity contribution in [3.05, 3.63) is 90.0 Å². The minimum Gasteiger partial charge on any atom is -0.371 e. The smallest absolute Gasteiger partial charge is 0.249 e. The minimum atomic E-state index is -0.920. The first-order valence-corrected chi connectivity index (χ1v) is 21.2. The number of carbonyl (C=O) groups is 4. The van der Waals surface area contributed by atoms with Crippen LogP contribution in [0.2, 0.25) is 0 Å². The number of nitrogens with zero attached hydrogens (tertiary/aromatic N) is 6. The lowest BCUT2D eigenvalue weighted by Gasteiger charge is -2.32. The first-order chi connectivity index (χ1) is 28.6. The standard InChI is InChI=1S/C43H56N10O5S.2ClH/c1-28(44-4)39(54)46-37(42(57)52-25-11-12-35(52)26-53-43(48-49-50-53)59-36-13-7-6-8-14-36)30(3)58-27-31-15-17-32(18-16-31)33-19-21-34(22-20-33)38(47-40(55)29(2)45-5)41(56)51-23-9-10-24-51;;/h6-8,13-22,28-30,35,37-38,44-45H,9-12,23-27H2,1-5H3,(H,46,54)(H,47,55);2*1H/t28-,29-,30-,35-,37-,38-;;/m1../s1. The van der Waals surface area contributed by atoms with Gasteiger partial charge in [-0.2, -0.15) is 0 Å². The summed E-state index contributed by atoms with van der Waals surface area (Å²) in [5, 5.41) is 24.8. The molecule has 4 aromatic rings. The van der Waals surface area contributed by atoms with Gasteiger partial charge in [-0.05, 0) is 117 Å². The third kappa shape index (κ3) is 12.7. The highest BCUT2D eigenvalue weighted by molar-refractivity contribution is 7.99. The van der Waals surface area contributed by atoms with E-state index in [1.807, 2.05) is 95.6 Å². The van der Waals surface area contributed by atoms with E-state index in [1.165, 1.54) is 11.8 Å². The van der Waals surface area contributed by atoms with Crippen LogP contribution in [0.15, 0.2) is 88.9 Å². The van der Waals surface area contributed by atoms with Gasteiger partial charge in [0.1, 0.15) is 12.1 Å². The van der Waals surface area contributed by atoms with Crippen molar-refractivity contribution >= 4 is 60.2 Å². The van der Waals surface area contributed by atoms with Crippen LogP contribution in [0, 0.1) is 0 Å². The van der Waals surface area contributed by atoms with Crippen LogP contribution in [0.4, 0.5) is 0 Å². The van der Waals surface area contributed by atoms with E-state index in [-0.39, 0.29) is 61.1 Å². The average molecular weight is 898 g/mol. The Labute approximate surface area is 374 Å². The molecule has 4 N–H and O–H groups in total. The lowest BCUT2D eigenvalue weighted by Crippen LogP contribution is -2.58. The van der Waals surface area contributed by atoms with Crippen LogP contribution < -0.4 is 21.3 Å². The fourth-order valence-corrected chi connectivity index (χ4v) is 8.05. The molecule has 18 heteroatoms. The third-order valence-electron chi connectivity index (χ3n) is 11.2. The molecule has 1 aromatic heterocycles. The van der Waals surface area contributed by atoms with Crippen molar-refractivity contribution in [3.8, 4) is 11.1 Å². The molecule has 0 bridgehead atoms. The summed E-state index contributed by atoms with van der Waals surface area (Å²) in [6.45, 7) is 7.91. The van der Waals surface area contributed by atoms with E-state index in [2.05, 4.69) is 36.8 Å². The molecule has 4 amide bonds. The van der Waals surface area contributed by atoms with Crippen LogP contribution in [0.1, 0.15) is 63.6 Å². The lowest BCUT2D eigenvalue weighted by atomic mass is 9.99. The molecule has 15 nitrogen and oxygen atoms in total. The van der Waals surface area contributed by atoms with Gasteiger partial charge in [-0.1, -0.05) is 66.7 Å². The molecule has 2 aliphatic rings. The van der Waals surface area contributed by atoms with Gasteiger partial charge >= 0.3 is 0 Å². The number of aromatic nitrogens is 4. The highest BCUT2D eigenvalue weighted by Crippen LogP contribution is 2.28. The number of benzene rings is 3. The maximum atomic E-state index is 14.3. The van der Waals surface area contributed by atoms with E-state index < -0.39 is 30.3 Å². The molecule has 0 spiro atoms. The van der Waals surface area contributed by atoms with Crippen molar-refractivity contribution in [2.75, 3.05) is 33.7 Å². The number of likely N-dealkylation sites (N-methyl/N-ethyl adjacent to an activating group) is 2. The molecule has 0 unspecified atom stereocenters. The molecule has 61 heavy (non-hydrogen) atoms. The molecule has 2 fully saturated rings. The molecule has 2 saturated heterocycles. The molecular formula is C43H58Cl2N10O5S. The SMILES string of the molecule is CN[C@H](C)C(=O)N[C@@H](C(=O)N1CCCC1)c1ccc(-c2ccc(CO[C@H](C)[C@@H](NC(=O)[C@@H](C)NC)C(=O)N3CCC[C@@H]3Cn3nnnc3Sc3ccccc3)cc2)cc1.Cl.Cl. The number of carbonyl (C=O) groups excluding carboxylic acids is 4. The van der Waals surface area contributed by atoms with Gasteiger partial charge < -0.3 is 35.8 Å². The predicted octanol–water partition coefficient (Wildman–Crippen LogP) is 4.41. The van der Waals surface area contributed by atoms with Crippen LogP contribution >= 0.6 is 36.6 Å². The number of hydrogen-bond donors (Lipinski definition) is 4. The third-order valence-corrected chi connectivity index (χ3v) is 12.2. The Kier molecular flexibility index (Phi) is 19.0. The van der Waals surface area contributed by atoms with E-state index in [1.54, 1.807) is 32.6 Å². The van der Waals surface area contributed by atoms with E-state index in [4.69, 9.17) is 4.74 Å². The van der Waals surface area contributed by atoms with Crippen molar-refractivity contribution in [2.24, 2.45) is 0 Å². The van der Waals surface area contributed by atoms with Crippen LogP contribution in [-0.4, -0.2) is 118 Å². The van der Waals surface area contributed by atoms with Crippen LogP contribution in [-0.2, 0) is 37.1 Å². The van der Waals surface area contributed by atoms with Gasteiger partial charge in [0.25, 0.3) is 0 Å². The Hall–Kier alpha value is -4.58. The Morgan fingerprint density at radius 3 is 2.00 bits per heavy atom. The highest BCUT2D eigenvalue weighted by Gasteiger charge is 2.38. The second-order valence-electron chi connectivity index (χ2n) is 15.2. The minimum absolute atomic E-state index is 0. The average Bonchev–Trinajstić information content (AvgIpc) is 4.07. The van der Waals surface area contributed by atoms with Gasteiger partial charge in [-0.15, -0.1) is 29.9 Å². The molecule has 3 aromatic carbocycles. The topological polar surface area (TPSA) is 176 Å². The zero-order chi connectivity index (χ0) is 41.9. The normalized spacial score (nSPS) is 17.3. The van der Waals surface area contributed by atoms with Crippen molar-refractivity contribution in [3.63, 3.8) is 0 Å². The summed E-state index contributed by atoms with van der Waals surface area (Å²) in [7, 11) is 3.41. The van der Waals surface area contributed by atoms with Crippen LogP contribution in [0.3, 0.4) is 0 Å². The molecule has 2 aliphatic heterocycles. The zero-order valence-corrected chi connectivity index (χ0v) is 37.7. The molecular weight excluding hydrogens is 840 g/mol. The number of halogens is 2. The van der Waals surface area contributed by atoms with Gasteiger partial charge in [0.15, 0.2) is 0 Å². The van der Waals surface area contributed by atoms with Gasteiger partial charge in [0.05, 0.1) is 37.4 Å². The highest BCUT2D eigenvalue weighted by atomic mass is 35.5. The number of tetrazole rings is 1. The van der Waals surface area contributed by atoms with Gasteiger partial charge in [-0.3, -0.25) is 19.2 Å². The summed E-state index contributed by atoms with van der Waals surface area (Å²) in [4.78, 5) is 58.5. The zero-order valence-electron chi connectivity index (χ0n) is 35.3. The molecule has 0 aliphatic carbocycles. The van der Waals surface area contributed by atoms with Crippen molar-refractivity contribution < 1.29 is 23.9 Å². The van der Waals surface area contributed by atoms with Crippen molar-refractivity contribution in [2.45, 2.75) is 106 Å². The summed E-state index contributed by atoms with van der Waals surface area (Å²) in [6, 6.07) is 22.7. The molecule has 3 heterocycles. The summed E-state index contributed by atoms with van der Waals surface area (Å²) in [5.41, 5.74) is 3.55. The second-order valence-corrected chi connectivity index (χ2v) is 16.2. The maximum Gasteiger partial charge on any atom is 0.249 e. The van der Waals surface area contributed by atoms with Crippen molar-refractivity contribution in [1.82, 2.24) is 51.3 Å². The number of likely N-dealkylation sites (tertiary alicyclic amines) is 2. The summed E-state index contributed by atoms with van der Waals surface area (Å²) < 4.78 is 8.06. The quantitative estimate of drug-likeness (QED) is 0.111. The van der Waals surface area contributed by atoms with E-state index in [0.717, 1.165) is 52.8 Å². The Morgan fingerprint density at radius 1 is 0.770 bits per heavy atom. The van der Waals surface area contributed by atoms with E-state index in [0.29, 0.717) is 31.3 Å². The summed E-state index contributed by atoms with van der Waals surface area (Å²) >= 11 is 1.46. The number of hydrogen-bond acceptors (Lipinski definition) is 11. The monoisotopic (exact) mass is 896 g/mol.